The van der Waals surface area contributed by atoms with Crippen LogP contribution in [-0.2, 0) is 23.3 Å². The molecule has 1 fully saturated rings. The molecule has 1 aromatic rings. The highest BCUT2D eigenvalue weighted by molar-refractivity contribution is 7.11. The van der Waals surface area contributed by atoms with Crippen LogP contribution in [-0.4, -0.2) is 18.6 Å². The van der Waals surface area contributed by atoms with Crippen molar-refractivity contribution in [3.8, 4) is 0 Å². The van der Waals surface area contributed by atoms with Gasteiger partial charge in [0.05, 0.1) is 5.69 Å². The number of ether oxygens (including phenoxy) is 1. The number of aromatic nitrogens is 1. The van der Waals surface area contributed by atoms with E-state index < -0.39 is 0 Å². The number of aryl methyl sites for hydroxylation is 1. The van der Waals surface area contributed by atoms with Crippen LogP contribution in [0.4, 0.5) is 0 Å². The molecule has 0 aromatic carbocycles. The summed E-state index contributed by atoms with van der Waals surface area (Å²) in [7, 11) is 1.87. The fourth-order valence-electron chi connectivity index (χ4n) is 3.18. The highest BCUT2D eigenvalue weighted by Crippen LogP contribution is 2.41. The smallest absolute Gasteiger partial charge is 0.125 e. The summed E-state index contributed by atoms with van der Waals surface area (Å²) in [5.41, 5.74) is 1.15. The average molecular weight is 311 g/mol. The number of nitrogens with one attached hydrogen (secondary N) is 1. The molecule has 0 radical (unpaired) electrons. The molecule has 1 heterocycles. The van der Waals surface area contributed by atoms with Crippen LogP contribution in [0.3, 0.4) is 0 Å². The molecule has 0 spiro atoms. The van der Waals surface area contributed by atoms with Gasteiger partial charge in [-0.05, 0) is 32.2 Å². The zero-order valence-electron chi connectivity index (χ0n) is 13.8. The van der Waals surface area contributed by atoms with Crippen LogP contribution < -0.4 is 5.32 Å². The number of hydrogen-bond acceptors (Lipinski definition) is 4. The summed E-state index contributed by atoms with van der Waals surface area (Å²) < 4.78 is 6.01. The zero-order chi connectivity index (χ0) is 15.1. The lowest BCUT2D eigenvalue weighted by Crippen LogP contribution is -2.27. The second-order valence-electron chi connectivity index (χ2n) is 6.03. The molecule has 2 rings (SSSR count). The third-order valence-corrected chi connectivity index (χ3v) is 5.80. The van der Waals surface area contributed by atoms with Gasteiger partial charge in [-0.15, -0.1) is 11.3 Å². The SMILES string of the molecule is CCCNCc1sc(C2(OC)CCCCCC2)nc1CC. The first kappa shape index (κ1) is 16.9. The number of thiazole rings is 1. The second-order valence-corrected chi connectivity index (χ2v) is 7.12. The van der Waals surface area contributed by atoms with Crippen LogP contribution in [0, 0.1) is 0 Å². The van der Waals surface area contributed by atoms with Gasteiger partial charge in [-0.3, -0.25) is 0 Å². The van der Waals surface area contributed by atoms with Crippen molar-refractivity contribution in [2.45, 2.75) is 77.4 Å². The van der Waals surface area contributed by atoms with E-state index >= 15 is 0 Å². The van der Waals surface area contributed by atoms with Gasteiger partial charge in [-0.25, -0.2) is 4.98 Å². The van der Waals surface area contributed by atoms with Crippen molar-refractivity contribution in [3.63, 3.8) is 0 Å². The van der Waals surface area contributed by atoms with E-state index in [9.17, 15) is 0 Å². The molecule has 3 nitrogen and oxygen atoms in total. The van der Waals surface area contributed by atoms with Crippen LogP contribution in [0.2, 0.25) is 0 Å². The Kier molecular flexibility index (Phi) is 6.65. The summed E-state index contributed by atoms with van der Waals surface area (Å²) in [6.07, 6.45) is 9.64. The lowest BCUT2D eigenvalue weighted by atomic mass is 9.95. The maximum absolute atomic E-state index is 6.01. The van der Waals surface area contributed by atoms with E-state index in [-0.39, 0.29) is 5.60 Å². The molecular formula is C17H30N2OS. The molecule has 0 saturated heterocycles. The van der Waals surface area contributed by atoms with E-state index in [1.165, 1.54) is 47.7 Å². The predicted octanol–water partition coefficient (Wildman–Crippen LogP) is 4.40. The molecule has 21 heavy (non-hydrogen) atoms. The fourth-order valence-corrected chi connectivity index (χ4v) is 4.52. The van der Waals surface area contributed by atoms with E-state index in [4.69, 9.17) is 9.72 Å². The molecule has 0 atom stereocenters. The molecule has 4 heteroatoms. The third-order valence-electron chi connectivity index (χ3n) is 4.52. The predicted molar refractivity (Wildman–Crippen MR) is 89.9 cm³/mol. The van der Waals surface area contributed by atoms with Gasteiger partial charge in [-0.2, -0.15) is 0 Å². The summed E-state index contributed by atoms with van der Waals surface area (Å²) in [6.45, 7) is 6.44. The van der Waals surface area contributed by atoms with Crippen LogP contribution in [0.15, 0.2) is 0 Å². The number of hydrogen-bond donors (Lipinski definition) is 1. The summed E-state index contributed by atoms with van der Waals surface area (Å²) in [4.78, 5) is 6.37. The first-order chi connectivity index (χ1) is 10.3. The van der Waals surface area contributed by atoms with Crippen LogP contribution >= 0.6 is 11.3 Å². The normalized spacial score (nSPS) is 18.6. The van der Waals surface area contributed by atoms with E-state index in [0.29, 0.717) is 0 Å². The summed E-state index contributed by atoms with van der Waals surface area (Å²) >= 11 is 1.88. The minimum atomic E-state index is -0.117. The largest absolute Gasteiger partial charge is 0.371 e. The van der Waals surface area contributed by atoms with Crippen molar-refractivity contribution < 1.29 is 4.74 Å². The van der Waals surface area contributed by atoms with Crippen molar-refractivity contribution in [1.29, 1.82) is 0 Å². The molecule has 0 amide bonds. The minimum Gasteiger partial charge on any atom is -0.371 e. The van der Waals surface area contributed by atoms with Crippen molar-refractivity contribution in [1.82, 2.24) is 10.3 Å². The Labute approximate surface area is 133 Å². The molecule has 0 aliphatic heterocycles. The lowest BCUT2D eigenvalue weighted by molar-refractivity contribution is -0.0280. The number of nitrogens with zero attached hydrogens (tertiary/aromatic N) is 1. The molecule has 1 N–H and O–H groups in total. The average Bonchev–Trinajstić information content (AvgIpc) is 2.77. The van der Waals surface area contributed by atoms with Crippen LogP contribution in [0.5, 0.6) is 0 Å². The molecule has 0 unspecified atom stereocenters. The Morgan fingerprint density at radius 1 is 1.19 bits per heavy atom. The van der Waals surface area contributed by atoms with E-state index in [1.54, 1.807) is 0 Å². The number of methoxy groups -OCH3 is 1. The van der Waals surface area contributed by atoms with E-state index in [2.05, 4.69) is 19.2 Å². The van der Waals surface area contributed by atoms with Crippen molar-refractivity contribution in [3.05, 3.63) is 15.6 Å². The first-order valence-electron chi connectivity index (χ1n) is 8.50. The lowest BCUT2D eigenvalue weighted by Gasteiger charge is -2.29. The van der Waals surface area contributed by atoms with Gasteiger partial charge in [0.1, 0.15) is 10.6 Å². The second kappa shape index (κ2) is 8.25. The summed E-state index contributed by atoms with van der Waals surface area (Å²) in [6, 6.07) is 0. The van der Waals surface area contributed by atoms with Gasteiger partial charge >= 0.3 is 0 Å². The van der Waals surface area contributed by atoms with Crippen molar-refractivity contribution in [2.24, 2.45) is 0 Å². The Morgan fingerprint density at radius 2 is 1.90 bits per heavy atom. The Morgan fingerprint density at radius 3 is 2.48 bits per heavy atom. The standard InChI is InChI=1S/C17H30N2OS/c1-4-12-18-13-15-14(5-2)19-16(21-15)17(20-3)10-8-6-7-9-11-17/h18H,4-13H2,1-3H3. The topological polar surface area (TPSA) is 34.1 Å². The molecule has 1 aliphatic carbocycles. The minimum absolute atomic E-state index is 0.117. The first-order valence-corrected chi connectivity index (χ1v) is 9.32. The molecule has 0 bridgehead atoms. The fraction of sp³-hybridized carbons (Fsp3) is 0.824. The summed E-state index contributed by atoms with van der Waals surface area (Å²) in [5, 5.41) is 4.73. The van der Waals surface area contributed by atoms with E-state index in [1.807, 2.05) is 18.4 Å². The molecule has 1 aromatic heterocycles. The van der Waals surface area contributed by atoms with Gasteiger partial charge < -0.3 is 10.1 Å². The van der Waals surface area contributed by atoms with Gasteiger partial charge in [-0.1, -0.05) is 39.5 Å². The van der Waals surface area contributed by atoms with Gasteiger partial charge in [0.15, 0.2) is 0 Å². The summed E-state index contributed by atoms with van der Waals surface area (Å²) in [5.74, 6) is 0. The molecule has 120 valence electrons. The highest BCUT2D eigenvalue weighted by atomic mass is 32.1. The molecular weight excluding hydrogens is 280 g/mol. The van der Waals surface area contributed by atoms with Crippen LogP contribution in [0.1, 0.15) is 74.4 Å². The zero-order valence-corrected chi connectivity index (χ0v) is 14.7. The van der Waals surface area contributed by atoms with Crippen LogP contribution in [0.25, 0.3) is 0 Å². The quantitative estimate of drug-likeness (QED) is 0.598. The molecule has 1 aliphatic rings. The van der Waals surface area contributed by atoms with Gasteiger partial charge in [0.2, 0.25) is 0 Å². The van der Waals surface area contributed by atoms with Crippen molar-refractivity contribution >= 4 is 11.3 Å². The van der Waals surface area contributed by atoms with E-state index in [0.717, 1.165) is 32.4 Å². The monoisotopic (exact) mass is 310 g/mol. The third kappa shape index (κ3) is 4.05. The Bertz CT molecular complexity index is 422. The Hall–Kier alpha value is -0.450. The maximum Gasteiger partial charge on any atom is 0.125 e. The highest BCUT2D eigenvalue weighted by Gasteiger charge is 2.36. The molecule has 1 saturated carbocycles. The van der Waals surface area contributed by atoms with Gasteiger partial charge in [0.25, 0.3) is 0 Å². The maximum atomic E-state index is 6.01. The van der Waals surface area contributed by atoms with Crippen molar-refractivity contribution in [2.75, 3.05) is 13.7 Å². The number of rotatable bonds is 7. The Balaban J connectivity index is 2.20. The van der Waals surface area contributed by atoms with Gasteiger partial charge in [0, 0.05) is 18.5 Å².